The quantitative estimate of drug-likeness (QED) is 0.753. The summed E-state index contributed by atoms with van der Waals surface area (Å²) in [6, 6.07) is 10.1. The smallest absolute Gasteiger partial charge is 0.307 e. The molecule has 8 heteroatoms. The lowest BCUT2D eigenvalue weighted by Gasteiger charge is -2.04. The number of rotatable bonds is 4. The van der Waals surface area contributed by atoms with Gasteiger partial charge in [0.05, 0.1) is 6.42 Å². The maximum atomic E-state index is 10.6. The van der Waals surface area contributed by atoms with Crippen LogP contribution in [-0.4, -0.2) is 36.3 Å². The summed E-state index contributed by atoms with van der Waals surface area (Å²) < 4.78 is 6.80. The Hall–Kier alpha value is -3.03. The van der Waals surface area contributed by atoms with Gasteiger partial charge in [-0.25, -0.2) is 0 Å². The Bertz CT molecular complexity index is 753. The molecular weight excluding hydrogens is 262 g/mol. The van der Waals surface area contributed by atoms with E-state index in [1.54, 1.807) is 36.4 Å². The van der Waals surface area contributed by atoms with E-state index in [-0.39, 0.29) is 6.42 Å². The third-order valence-corrected chi connectivity index (χ3v) is 2.55. The van der Waals surface area contributed by atoms with Crippen LogP contribution in [0.3, 0.4) is 0 Å². The van der Waals surface area contributed by atoms with Crippen LogP contribution in [0.4, 0.5) is 0 Å². The van der Waals surface area contributed by atoms with E-state index in [2.05, 4.69) is 20.6 Å². The number of nitrogens with zero attached hydrogens (tertiary/aromatic N) is 5. The Labute approximate surface area is 112 Å². The Morgan fingerprint density at radius 1 is 1.20 bits per heavy atom. The predicted octanol–water partition coefficient (Wildman–Crippen LogP) is 0.939. The van der Waals surface area contributed by atoms with Crippen LogP contribution >= 0.6 is 0 Å². The van der Waals surface area contributed by atoms with E-state index in [0.717, 1.165) is 0 Å². The summed E-state index contributed by atoms with van der Waals surface area (Å²) in [4.78, 5) is 10.6. The number of aliphatic carboxylic acids is 1. The zero-order valence-corrected chi connectivity index (χ0v) is 10.2. The lowest BCUT2D eigenvalue weighted by molar-refractivity contribution is -0.136. The highest BCUT2D eigenvalue weighted by Gasteiger charge is 2.04. The zero-order valence-electron chi connectivity index (χ0n) is 10.2. The fourth-order valence-electron chi connectivity index (χ4n) is 1.66. The van der Waals surface area contributed by atoms with Crippen molar-refractivity contribution in [2.24, 2.45) is 0 Å². The van der Waals surface area contributed by atoms with Crippen molar-refractivity contribution in [3.8, 4) is 11.6 Å². The average molecular weight is 271 g/mol. The van der Waals surface area contributed by atoms with Gasteiger partial charge in [-0.05, 0) is 34.2 Å². The van der Waals surface area contributed by atoms with Crippen LogP contribution in [0, 0.1) is 0 Å². The van der Waals surface area contributed by atoms with Gasteiger partial charge in [-0.15, -0.1) is 14.8 Å². The van der Waals surface area contributed by atoms with Crippen LogP contribution in [0.1, 0.15) is 5.56 Å². The minimum atomic E-state index is -0.871. The van der Waals surface area contributed by atoms with Crippen molar-refractivity contribution in [3.05, 3.63) is 42.0 Å². The van der Waals surface area contributed by atoms with Crippen molar-refractivity contribution in [2.75, 3.05) is 0 Å². The van der Waals surface area contributed by atoms with Gasteiger partial charge < -0.3 is 9.84 Å². The van der Waals surface area contributed by atoms with Gasteiger partial charge in [0.2, 0.25) is 5.88 Å². The number of tetrazole rings is 1. The van der Waals surface area contributed by atoms with Crippen LogP contribution in [0.2, 0.25) is 0 Å². The minimum Gasteiger partial charge on any atom is -0.481 e. The van der Waals surface area contributed by atoms with Gasteiger partial charge in [0, 0.05) is 6.07 Å². The second-order valence-electron chi connectivity index (χ2n) is 4.01. The molecule has 8 nitrogen and oxygen atoms in total. The second kappa shape index (κ2) is 4.92. The molecule has 0 bridgehead atoms. The summed E-state index contributed by atoms with van der Waals surface area (Å²) in [6.45, 7) is 0. The third-order valence-electron chi connectivity index (χ3n) is 2.55. The van der Waals surface area contributed by atoms with Crippen LogP contribution in [0.25, 0.3) is 5.65 Å². The molecule has 1 aromatic carbocycles. The van der Waals surface area contributed by atoms with E-state index in [4.69, 9.17) is 9.84 Å². The Morgan fingerprint density at radius 3 is 2.75 bits per heavy atom. The number of hydrogen-bond acceptors (Lipinski definition) is 6. The highest BCUT2D eigenvalue weighted by molar-refractivity contribution is 5.70. The molecule has 20 heavy (non-hydrogen) atoms. The van der Waals surface area contributed by atoms with Gasteiger partial charge in [-0.1, -0.05) is 12.1 Å². The van der Waals surface area contributed by atoms with E-state index >= 15 is 0 Å². The van der Waals surface area contributed by atoms with Crippen molar-refractivity contribution in [2.45, 2.75) is 6.42 Å². The van der Waals surface area contributed by atoms with E-state index in [9.17, 15) is 4.79 Å². The zero-order chi connectivity index (χ0) is 13.9. The van der Waals surface area contributed by atoms with Gasteiger partial charge in [-0.3, -0.25) is 4.79 Å². The Morgan fingerprint density at radius 2 is 2.00 bits per heavy atom. The molecule has 3 aromatic rings. The maximum absolute atomic E-state index is 10.6. The number of fused-ring (bicyclic) bond motifs is 1. The number of aromatic nitrogens is 5. The third kappa shape index (κ3) is 2.53. The highest BCUT2D eigenvalue weighted by atomic mass is 16.5. The first-order chi connectivity index (χ1) is 9.70. The first-order valence-corrected chi connectivity index (χ1v) is 5.75. The molecule has 0 aliphatic carbocycles. The number of ether oxygens (including phenoxy) is 1. The number of hydrogen-bond donors (Lipinski definition) is 1. The molecule has 0 aliphatic heterocycles. The molecule has 100 valence electrons. The normalized spacial score (nSPS) is 10.6. The second-order valence-corrected chi connectivity index (χ2v) is 4.01. The van der Waals surface area contributed by atoms with Crippen LogP contribution in [-0.2, 0) is 11.2 Å². The first-order valence-electron chi connectivity index (χ1n) is 5.75. The van der Waals surface area contributed by atoms with Gasteiger partial charge in [-0.2, -0.15) is 0 Å². The molecule has 0 saturated carbocycles. The molecule has 2 aromatic heterocycles. The fraction of sp³-hybridized carbons (Fsp3) is 0.0833. The van der Waals surface area contributed by atoms with Gasteiger partial charge in [0.15, 0.2) is 5.65 Å². The number of benzene rings is 1. The van der Waals surface area contributed by atoms with Gasteiger partial charge in [0.1, 0.15) is 5.75 Å². The summed E-state index contributed by atoms with van der Waals surface area (Å²) in [5.74, 6) is 0.0271. The molecule has 0 amide bonds. The van der Waals surface area contributed by atoms with Crippen molar-refractivity contribution in [3.63, 3.8) is 0 Å². The largest absolute Gasteiger partial charge is 0.481 e. The molecule has 0 unspecified atom stereocenters. The lowest BCUT2D eigenvalue weighted by Crippen LogP contribution is -2.00. The summed E-state index contributed by atoms with van der Waals surface area (Å²) in [5, 5.41) is 23.6. The highest BCUT2D eigenvalue weighted by Crippen LogP contribution is 2.19. The summed E-state index contributed by atoms with van der Waals surface area (Å²) in [7, 11) is 0. The van der Waals surface area contributed by atoms with E-state index in [1.165, 1.54) is 4.63 Å². The van der Waals surface area contributed by atoms with Crippen molar-refractivity contribution >= 4 is 11.6 Å². The molecular formula is C12H9N5O3. The van der Waals surface area contributed by atoms with Crippen LogP contribution in [0.15, 0.2) is 36.4 Å². The molecule has 3 rings (SSSR count). The summed E-state index contributed by atoms with van der Waals surface area (Å²) in [6.07, 6.45) is -0.0187. The van der Waals surface area contributed by atoms with Crippen molar-refractivity contribution < 1.29 is 14.6 Å². The van der Waals surface area contributed by atoms with Crippen LogP contribution < -0.4 is 4.74 Å². The minimum absolute atomic E-state index is 0.0187. The van der Waals surface area contributed by atoms with Gasteiger partial charge in [0.25, 0.3) is 0 Å². The predicted molar refractivity (Wildman–Crippen MR) is 66.4 cm³/mol. The number of carboxylic acid groups (broad SMARTS) is 1. The van der Waals surface area contributed by atoms with E-state index in [0.29, 0.717) is 22.8 Å². The first kappa shape index (κ1) is 12.0. The molecule has 1 N–H and O–H groups in total. The Balaban J connectivity index is 1.78. The lowest BCUT2D eigenvalue weighted by atomic mass is 10.1. The topological polar surface area (TPSA) is 102 Å². The standard InChI is InChI=1S/C12H9N5O3/c18-12(19)7-8-1-3-9(4-2-8)20-11-6-5-10-13-15-16-17(10)14-11/h1-6H,7H2,(H,18,19). The van der Waals surface area contributed by atoms with Crippen molar-refractivity contribution in [1.82, 2.24) is 25.3 Å². The molecule has 0 fully saturated rings. The van der Waals surface area contributed by atoms with Crippen molar-refractivity contribution in [1.29, 1.82) is 0 Å². The fourth-order valence-corrected chi connectivity index (χ4v) is 1.66. The van der Waals surface area contributed by atoms with E-state index in [1.807, 2.05) is 0 Å². The maximum Gasteiger partial charge on any atom is 0.307 e. The molecule has 0 atom stereocenters. The molecule has 0 radical (unpaired) electrons. The molecule has 2 heterocycles. The monoisotopic (exact) mass is 271 g/mol. The van der Waals surface area contributed by atoms with Gasteiger partial charge >= 0.3 is 5.97 Å². The summed E-state index contributed by atoms with van der Waals surface area (Å²) >= 11 is 0. The molecule has 0 saturated heterocycles. The van der Waals surface area contributed by atoms with Crippen LogP contribution in [0.5, 0.6) is 11.6 Å². The molecule has 0 aliphatic rings. The average Bonchev–Trinajstić information content (AvgIpc) is 2.88. The molecule has 0 spiro atoms. The Kier molecular flexibility index (Phi) is 2.96. The number of carbonyl (C=O) groups is 1. The number of carboxylic acids is 1. The summed E-state index contributed by atoms with van der Waals surface area (Å²) in [5.41, 5.74) is 1.22. The van der Waals surface area contributed by atoms with E-state index < -0.39 is 5.97 Å². The SMILES string of the molecule is O=C(O)Cc1ccc(Oc2ccc3nnnn3n2)cc1.